The lowest BCUT2D eigenvalue weighted by Crippen LogP contribution is -1.98. The van der Waals surface area contributed by atoms with Gasteiger partial charge in [0.25, 0.3) is 0 Å². The lowest BCUT2D eigenvalue weighted by atomic mass is 10.1. The standard InChI is InChI=1S/C12H11N5/c1-7-11(10-6-14-17-12(13)16-10)8-4-2-3-5-9(8)15-7/h2-6,15H,1H3,(H2,13,16,17). The van der Waals surface area contributed by atoms with Gasteiger partial charge in [0, 0.05) is 22.2 Å². The average molecular weight is 225 g/mol. The van der Waals surface area contributed by atoms with Gasteiger partial charge in [-0.2, -0.15) is 5.10 Å². The van der Waals surface area contributed by atoms with Crippen LogP contribution in [0.2, 0.25) is 0 Å². The predicted molar refractivity (Wildman–Crippen MR) is 66.3 cm³/mol. The zero-order valence-electron chi connectivity index (χ0n) is 9.31. The van der Waals surface area contributed by atoms with Crippen LogP contribution in [0.3, 0.4) is 0 Å². The molecule has 0 radical (unpaired) electrons. The zero-order chi connectivity index (χ0) is 11.8. The number of aryl methyl sites for hydroxylation is 1. The number of para-hydroxylation sites is 1. The Kier molecular flexibility index (Phi) is 2.04. The Balaban J connectivity index is 2.33. The third kappa shape index (κ3) is 1.52. The van der Waals surface area contributed by atoms with Crippen molar-refractivity contribution in [2.24, 2.45) is 0 Å². The Labute approximate surface area is 97.7 Å². The first-order valence-corrected chi connectivity index (χ1v) is 5.28. The Morgan fingerprint density at radius 1 is 1.24 bits per heavy atom. The van der Waals surface area contributed by atoms with Gasteiger partial charge in [-0.25, -0.2) is 4.98 Å². The quantitative estimate of drug-likeness (QED) is 0.663. The van der Waals surface area contributed by atoms with Crippen molar-refractivity contribution < 1.29 is 0 Å². The largest absolute Gasteiger partial charge is 0.366 e. The molecule has 0 saturated heterocycles. The molecule has 0 amide bonds. The minimum atomic E-state index is 0.187. The van der Waals surface area contributed by atoms with Gasteiger partial charge in [0.2, 0.25) is 5.95 Å². The van der Waals surface area contributed by atoms with Crippen molar-refractivity contribution >= 4 is 16.9 Å². The maximum absolute atomic E-state index is 5.56. The molecule has 1 aromatic carbocycles. The third-order valence-electron chi connectivity index (χ3n) is 2.72. The van der Waals surface area contributed by atoms with E-state index in [0.717, 1.165) is 27.9 Å². The Morgan fingerprint density at radius 3 is 2.88 bits per heavy atom. The number of anilines is 1. The van der Waals surface area contributed by atoms with E-state index in [-0.39, 0.29) is 5.95 Å². The number of rotatable bonds is 1. The summed E-state index contributed by atoms with van der Waals surface area (Å²) in [7, 11) is 0. The Bertz CT molecular complexity index is 686. The van der Waals surface area contributed by atoms with Gasteiger partial charge < -0.3 is 10.7 Å². The predicted octanol–water partition coefficient (Wildman–Crippen LogP) is 1.91. The van der Waals surface area contributed by atoms with E-state index in [4.69, 9.17) is 5.73 Å². The number of hydrogen-bond acceptors (Lipinski definition) is 4. The molecule has 2 heterocycles. The van der Waals surface area contributed by atoms with E-state index in [1.165, 1.54) is 0 Å². The van der Waals surface area contributed by atoms with Gasteiger partial charge in [-0.1, -0.05) is 18.2 Å². The fourth-order valence-electron chi connectivity index (χ4n) is 2.04. The molecule has 2 aromatic heterocycles. The van der Waals surface area contributed by atoms with E-state index >= 15 is 0 Å². The minimum absolute atomic E-state index is 0.187. The van der Waals surface area contributed by atoms with E-state index in [1.807, 2.05) is 31.2 Å². The summed E-state index contributed by atoms with van der Waals surface area (Å²) >= 11 is 0. The summed E-state index contributed by atoms with van der Waals surface area (Å²) in [5.74, 6) is 0.187. The number of nitrogens with two attached hydrogens (primary N) is 1. The highest BCUT2D eigenvalue weighted by Gasteiger charge is 2.11. The summed E-state index contributed by atoms with van der Waals surface area (Å²) in [6.07, 6.45) is 1.62. The molecule has 0 aliphatic carbocycles. The van der Waals surface area contributed by atoms with Crippen LogP contribution < -0.4 is 5.73 Å². The smallest absolute Gasteiger partial charge is 0.240 e. The summed E-state index contributed by atoms with van der Waals surface area (Å²) < 4.78 is 0. The Hall–Kier alpha value is -2.43. The van der Waals surface area contributed by atoms with Crippen LogP contribution in [-0.2, 0) is 0 Å². The number of hydrogen-bond donors (Lipinski definition) is 2. The second-order valence-electron chi connectivity index (χ2n) is 3.87. The highest BCUT2D eigenvalue weighted by molar-refractivity contribution is 5.96. The van der Waals surface area contributed by atoms with Gasteiger partial charge in [-0.3, -0.25) is 0 Å². The molecule has 5 nitrogen and oxygen atoms in total. The van der Waals surface area contributed by atoms with Crippen molar-refractivity contribution in [3.05, 3.63) is 36.2 Å². The van der Waals surface area contributed by atoms with E-state index in [0.29, 0.717) is 0 Å². The Morgan fingerprint density at radius 2 is 2.06 bits per heavy atom. The molecular weight excluding hydrogens is 214 g/mol. The number of nitrogens with one attached hydrogen (secondary N) is 1. The molecule has 0 saturated carbocycles. The molecule has 0 bridgehead atoms. The minimum Gasteiger partial charge on any atom is -0.366 e. The van der Waals surface area contributed by atoms with E-state index in [9.17, 15) is 0 Å². The number of fused-ring (bicyclic) bond motifs is 1. The maximum atomic E-state index is 5.56. The second-order valence-corrected chi connectivity index (χ2v) is 3.87. The van der Waals surface area contributed by atoms with Crippen molar-refractivity contribution in [1.29, 1.82) is 0 Å². The summed E-state index contributed by atoms with van der Waals surface area (Å²) in [6, 6.07) is 8.07. The maximum Gasteiger partial charge on any atom is 0.240 e. The molecule has 0 unspecified atom stereocenters. The monoisotopic (exact) mass is 225 g/mol. The normalized spacial score (nSPS) is 10.9. The summed E-state index contributed by atoms with van der Waals surface area (Å²) in [5.41, 5.74) is 9.46. The van der Waals surface area contributed by atoms with Gasteiger partial charge in [0.15, 0.2) is 0 Å². The van der Waals surface area contributed by atoms with Crippen LogP contribution in [0.25, 0.3) is 22.2 Å². The van der Waals surface area contributed by atoms with Gasteiger partial charge in [-0.05, 0) is 13.0 Å². The van der Waals surface area contributed by atoms with Gasteiger partial charge in [0.05, 0.1) is 11.9 Å². The molecule has 0 spiro atoms. The van der Waals surface area contributed by atoms with Crippen LogP contribution in [0.1, 0.15) is 5.69 Å². The number of benzene rings is 1. The lowest BCUT2D eigenvalue weighted by molar-refractivity contribution is 0.990. The van der Waals surface area contributed by atoms with Crippen LogP contribution in [-0.4, -0.2) is 20.2 Å². The fourth-order valence-corrected chi connectivity index (χ4v) is 2.04. The first-order chi connectivity index (χ1) is 8.25. The van der Waals surface area contributed by atoms with Gasteiger partial charge in [0.1, 0.15) is 0 Å². The van der Waals surface area contributed by atoms with Crippen molar-refractivity contribution in [3.63, 3.8) is 0 Å². The number of aromatic nitrogens is 4. The molecule has 17 heavy (non-hydrogen) atoms. The van der Waals surface area contributed by atoms with Crippen molar-refractivity contribution in [3.8, 4) is 11.3 Å². The molecule has 84 valence electrons. The molecule has 0 fully saturated rings. The third-order valence-corrected chi connectivity index (χ3v) is 2.72. The number of nitrogen functional groups attached to an aromatic ring is 1. The van der Waals surface area contributed by atoms with Crippen LogP contribution in [0, 0.1) is 6.92 Å². The fraction of sp³-hybridized carbons (Fsp3) is 0.0833. The zero-order valence-corrected chi connectivity index (χ0v) is 9.31. The van der Waals surface area contributed by atoms with Gasteiger partial charge >= 0.3 is 0 Å². The number of aromatic amines is 1. The lowest BCUT2D eigenvalue weighted by Gasteiger charge is -2.00. The SMILES string of the molecule is Cc1[nH]c2ccccc2c1-c1cnnc(N)n1. The molecule has 5 heteroatoms. The van der Waals surface area contributed by atoms with Crippen LogP contribution >= 0.6 is 0 Å². The molecule has 0 atom stereocenters. The first kappa shape index (κ1) is 9.77. The molecule has 3 N–H and O–H groups in total. The van der Waals surface area contributed by atoms with Crippen molar-refractivity contribution in [2.75, 3.05) is 5.73 Å². The van der Waals surface area contributed by atoms with Crippen LogP contribution in [0.15, 0.2) is 30.5 Å². The van der Waals surface area contributed by atoms with Crippen LogP contribution in [0.5, 0.6) is 0 Å². The molecule has 0 aliphatic heterocycles. The van der Waals surface area contributed by atoms with E-state index in [2.05, 4.69) is 20.2 Å². The second kappa shape index (κ2) is 3.55. The first-order valence-electron chi connectivity index (χ1n) is 5.28. The molecule has 3 rings (SSSR count). The van der Waals surface area contributed by atoms with Crippen molar-refractivity contribution in [2.45, 2.75) is 6.92 Å². The summed E-state index contributed by atoms with van der Waals surface area (Å²) in [6.45, 7) is 2.01. The topological polar surface area (TPSA) is 80.5 Å². The average Bonchev–Trinajstić information content (AvgIpc) is 2.64. The highest BCUT2D eigenvalue weighted by Crippen LogP contribution is 2.30. The van der Waals surface area contributed by atoms with E-state index in [1.54, 1.807) is 6.20 Å². The summed E-state index contributed by atoms with van der Waals surface area (Å²) in [4.78, 5) is 7.53. The highest BCUT2D eigenvalue weighted by atomic mass is 15.2. The van der Waals surface area contributed by atoms with Gasteiger partial charge in [-0.15, -0.1) is 5.10 Å². The summed E-state index contributed by atoms with van der Waals surface area (Å²) in [5, 5.41) is 8.62. The van der Waals surface area contributed by atoms with E-state index < -0.39 is 0 Å². The molecular formula is C12H11N5. The number of H-pyrrole nitrogens is 1. The molecule has 0 aliphatic rings. The molecule has 3 aromatic rings. The number of nitrogens with zero attached hydrogens (tertiary/aromatic N) is 3. The van der Waals surface area contributed by atoms with Crippen LogP contribution in [0.4, 0.5) is 5.95 Å². The van der Waals surface area contributed by atoms with Crippen molar-refractivity contribution in [1.82, 2.24) is 20.2 Å².